The van der Waals surface area contributed by atoms with Crippen molar-refractivity contribution in [2.24, 2.45) is 5.73 Å². The van der Waals surface area contributed by atoms with Gasteiger partial charge in [0.2, 0.25) is 6.41 Å². The molecule has 1 amide bonds. The predicted octanol–water partition coefficient (Wildman–Crippen LogP) is 5.00. The molecule has 0 radical (unpaired) electrons. The quantitative estimate of drug-likeness (QED) is 0.234. The Bertz CT molecular complexity index is 195. The molecular formula is C17H38N2OS2. The van der Waals surface area contributed by atoms with Crippen LogP contribution in [0.1, 0.15) is 78.1 Å². The predicted molar refractivity (Wildman–Crippen MR) is 106 cm³/mol. The van der Waals surface area contributed by atoms with Crippen LogP contribution < -0.4 is 11.1 Å². The Morgan fingerprint density at radius 2 is 1.27 bits per heavy atom. The second-order valence-electron chi connectivity index (χ2n) is 5.31. The van der Waals surface area contributed by atoms with E-state index in [2.05, 4.69) is 12.2 Å². The molecule has 0 unspecified atom stereocenters. The van der Waals surface area contributed by atoms with E-state index in [0.717, 1.165) is 25.3 Å². The highest BCUT2D eigenvalue weighted by Crippen LogP contribution is 2.22. The number of nitrogens with one attached hydrogen (secondary N) is 1. The third kappa shape index (κ3) is 28.3. The summed E-state index contributed by atoms with van der Waals surface area (Å²) in [5, 5.41) is 2.68. The normalized spacial score (nSPS) is 9.95. The summed E-state index contributed by atoms with van der Waals surface area (Å²) in [4.78, 5) is 10.0. The van der Waals surface area contributed by atoms with Gasteiger partial charge >= 0.3 is 0 Å². The molecule has 0 aromatic rings. The molecule has 0 aromatic heterocycles. The molecule has 0 aliphatic carbocycles. The van der Waals surface area contributed by atoms with Crippen LogP contribution in [0.4, 0.5) is 0 Å². The highest BCUT2D eigenvalue weighted by atomic mass is 33.1. The van der Waals surface area contributed by atoms with Crippen LogP contribution in [-0.2, 0) is 4.79 Å². The van der Waals surface area contributed by atoms with Crippen LogP contribution in [-0.4, -0.2) is 31.0 Å². The van der Waals surface area contributed by atoms with Crippen LogP contribution in [0.3, 0.4) is 0 Å². The second kappa shape index (κ2) is 26.0. The molecule has 0 fully saturated rings. The lowest BCUT2D eigenvalue weighted by molar-refractivity contribution is -0.109. The fraction of sp³-hybridized carbons (Fsp3) is 0.941. The minimum atomic E-state index is 0.750. The Balaban J connectivity index is 0. The third-order valence-electron chi connectivity index (χ3n) is 3.08. The second-order valence-corrected chi connectivity index (χ2v) is 8.01. The summed E-state index contributed by atoms with van der Waals surface area (Å²) in [6, 6.07) is 0. The number of hydrogen-bond donors (Lipinski definition) is 2. The number of rotatable bonds is 16. The first kappa shape index (κ1) is 24.4. The number of amides is 1. The zero-order valence-electron chi connectivity index (χ0n) is 14.8. The van der Waals surface area contributed by atoms with Crippen molar-refractivity contribution in [3.63, 3.8) is 0 Å². The molecule has 134 valence electrons. The minimum Gasteiger partial charge on any atom is -0.358 e. The molecule has 0 bridgehead atoms. The van der Waals surface area contributed by atoms with Crippen molar-refractivity contribution in [2.45, 2.75) is 78.1 Å². The topological polar surface area (TPSA) is 55.1 Å². The van der Waals surface area contributed by atoms with Crippen molar-refractivity contribution in [3.05, 3.63) is 0 Å². The smallest absolute Gasteiger partial charge is 0.207 e. The van der Waals surface area contributed by atoms with Crippen LogP contribution in [0.15, 0.2) is 0 Å². The van der Waals surface area contributed by atoms with Crippen LogP contribution >= 0.6 is 21.6 Å². The maximum atomic E-state index is 10.0. The van der Waals surface area contributed by atoms with Crippen molar-refractivity contribution in [2.75, 3.05) is 24.6 Å². The molecular weight excluding hydrogens is 312 g/mol. The van der Waals surface area contributed by atoms with E-state index in [1.807, 2.05) is 28.5 Å². The molecule has 0 heterocycles. The highest BCUT2D eigenvalue weighted by Gasteiger charge is 1.94. The number of hydrogen-bond acceptors (Lipinski definition) is 4. The molecule has 22 heavy (non-hydrogen) atoms. The molecule has 3 nitrogen and oxygen atoms in total. The zero-order chi connectivity index (χ0) is 16.7. The van der Waals surface area contributed by atoms with Gasteiger partial charge in [0.15, 0.2) is 0 Å². The Labute approximate surface area is 146 Å². The van der Waals surface area contributed by atoms with Gasteiger partial charge in [-0.3, -0.25) is 4.79 Å². The molecule has 3 N–H and O–H groups in total. The first-order valence-corrected chi connectivity index (χ1v) is 11.4. The summed E-state index contributed by atoms with van der Waals surface area (Å²) in [7, 11) is 3.81. The third-order valence-corrected chi connectivity index (χ3v) is 5.57. The summed E-state index contributed by atoms with van der Waals surface area (Å²) in [5.41, 5.74) is 4.85. The highest BCUT2D eigenvalue weighted by molar-refractivity contribution is 8.76. The van der Waals surface area contributed by atoms with E-state index in [1.54, 1.807) is 0 Å². The van der Waals surface area contributed by atoms with Gasteiger partial charge in [0.05, 0.1) is 0 Å². The fourth-order valence-electron chi connectivity index (χ4n) is 1.93. The summed E-state index contributed by atoms with van der Waals surface area (Å²) in [5.74, 6) is 2.27. The molecule has 0 rings (SSSR count). The Morgan fingerprint density at radius 3 is 1.77 bits per heavy atom. The maximum Gasteiger partial charge on any atom is 0.207 e. The van der Waals surface area contributed by atoms with Crippen LogP contribution in [0, 0.1) is 0 Å². The van der Waals surface area contributed by atoms with Gasteiger partial charge in [0, 0.05) is 18.1 Å². The monoisotopic (exact) mass is 350 g/mol. The summed E-state index contributed by atoms with van der Waals surface area (Å²) >= 11 is 0. The van der Waals surface area contributed by atoms with Crippen molar-refractivity contribution in [1.29, 1.82) is 0 Å². The number of carbonyl (C=O) groups excluding carboxylic acids is 1. The lowest BCUT2D eigenvalue weighted by atomic mass is 10.1. The zero-order valence-corrected chi connectivity index (χ0v) is 16.4. The van der Waals surface area contributed by atoms with Crippen LogP contribution in [0.2, 0.25) is 0 Å². The standard InChI is InChI=1S/C15H31NOS2.C2H7N/c1-2-3-4-5-6-7-8-9-10-11-13-18-19-14-12-16-15-17;1-2-3/h15H,2-14H2,1H3,(H,16,17);2-3H2,1H3. The molecule has 0 aliphatic rings. The molecule has 5 heteroatoms. The number of carbonyl (C=O) groups is 1. The molecule has 0 saturated heterocycles. The summed E-state index contributed by atoms with van der Waals surface area (Å²) in [6.45, 7) is 5.72. The van der Waals surface area contributed by atoms with Gasteiger partial charge in [-0.1, -0.05) is 93.2 Å². The van der Waals surface area contributed by atoms with Gasteiger partial charge < -0.3 is 11.1 Å². The lowest BCUT2D eigenvalue weighted by Gasteiger charge is -2.02. The first-order chi connectivity index (χ1) is 10.8. The molecule has 0 spiro atoms. The molecule has 0 aromatic carbocycles. The maximum absolute atomic E-state index is 10.0. The summed E-state index contributed by atoms with van der Waals surface area (Å²) < 4.78 is 0. The average Bonchev–Trinajstić information content (AvgIpc) is 2.52. The Kier molecular flexibility index (Phi) is 28.9. The van der Waals surface area contributed by atoms with Crippen molar-refractivity contribution < 1.29 is 4.79 Å². The van der Waals surface area contributed by atoms with Gasteiger partial charge in [0.25, 0.3) is 0 Å². The largest absolute Gasteiger partial charge is 0.358 e. The van der Waals surface area contributed by atoms with Gasteiger partial charge in [-0.05, 0) is 13.0 Å². The van der Waals surface area contributed by atoms with Crippen molar-refractivity contribution in [3.8, 4) is 0 Å². The fourth-order valence-corrected chi connectivity index (χ4v) is 4.00. The minimum absolute atomic E-state index is 0.750. The van der Waals surface area contributed by atoms with Gasteiger partial charge in [-0.15, -0.1) is 0 Å². The van der Waals surface area contributed by atoms with E-state index < -0.39 is 0 Å². The SMILES string of the molecule is CCCCCCCCCCCCSSCCNC=O.CCN. The number of unbranched alkanes of at least 4 members (excludes halogenated alkanes) is 9. The van der Waals surface area contributed by atoms with E-state index in [-0.39, 0.29) is 0 Å². The van der Waals surface area contributed by atoms with Crippen LogP contribution in [0.5, 0.6) is 0 Å². The Morgan fingerprint density at radius 1 is 0.818 bits per heavy atom. The first-order valence-electron chi connectivity index (χ1n) is 8.94. The molecule has 0 aliphatic heterocycles. The van der Waals surface area contributed by atoms with Gasteiger partial charge in [-0.25, -0.2) is 0 Å². The van der Waals surface area contributed by atoms with E-state index in [0.29, 0.717) is 0 Å². The summed E-state index contributed by atoms with van der Waals surface area (Å²) in [6.07, 6.45) is 14.8. The van der Waals surface area contributed by atoms with E-state index >= 15 is 0 Å². The van der Waals surface area contributed by atoms with E-state index in [9.17, 15) is 4.79 Å². The number of nitrogens with two attached hydrogens (primary N) is 1. The van der Waals surface area contributed by atoms with Gasteiger partial charge in [0.1, 0.15) is 0 Å². The lowest BCUT2D eigenvalue weighted by Crippen LogP contribution is -2.13. The average molecular weight is 351 g/mol. The van der Waals surface area contributed by atoms with E-state index in [1.165, 1.54) is 70.0 Å². The van der Waals surface area contributed by atoms with Crippen molar-refractivity contribution >= 4 is 28.0 Å². The van der Waals surface area contributed by atoms with Gasteiger partial charge in [-0.2, -0.15) is 0 Å². The van der Waals surface area contributed by atoms with Crippen molar-refractivity contribution in [1.82, 2.24) is 5.32 Å². The Hall–Kier alpha value is 0.130. The van der Waals surface area contributed by atoms with Crippen LogP contribution in [0.25, 0.3) is 0 Å². The molecule has 0 atom stereocenters. The molecule has 0 saturated carbocycles. The van der Waals surface area contributed by atoms with E-state index in [4.69, 9.17) is 5.73 Å².